The molecule has 0 unspecified atom stereocenters. The molecule has 2 rings (SSSR count). The second kappa shape index (κ2) is 7.04. The van der Waals surface area contributed by atoms with Crippen LogP contribution < -0.4 is 5.32 Å². The fraction of sp³-hybridized carbons (Fsp3) is 0.714. The Morgan fingerprint density at radius 1 is 1.30 bits per heavy atom. The molecule has 1 fully saturated rings. The highest BCUT2D eigenvalue weighted by atomic mass is 32.1. The Hall–Kier alpha value is -1.14. The minimum absolute atomic E-state index is 0.891. The predicted octanol–water partition coefficient (Wildman–Crippen LogP) is 1.22. The van der Waals surface area contributed by atoms with Gasteiger partial charge in [-0.1, -0.05) is 0 Å². The maximum Gasteiger partial charge on any atom is 0.169 e. The van der Waals surface area contributed by atoms with E-state index in [0.29, 0.717) is 0 Å². The van der Waals surface area contributed by atoms with Crippen LogP contribution in [0, 0.1) is 6.92 Å². The van der Waals surface area contributed by atoms with Gasteiger partial charge in [0.2, 0.25) is 0 Å². The van der Waals surface area contributed by atoms with Crippen LogP contribution in [0.25, 0.3) is 0 Å². The van der Waals surface area contributed by atoms with Crippen molar-refractivity contribution in [2.45, 2.75) is 33.9 Å². The molecule has 0 bridgehead atoms. The first-order valence-electron chi connectivity index (χ1n) is 7.42. The Morgan fingerprint density at radius 2 is 2.00 bits per heavy atom. The van der Waals surface area contributed by atoms with Crippen LogP contribution in [-0.4, -0.2) is 57.4 Å². The van der Waals surface area contributed by atoms with E-state index in [-0.39, 0.29) is 0 Å². The second-order valence-corrected chi connectivity index (χ2v) is 5.58. The minimum Gasteiger partial charge on any atom is -0.363 e. The maximum absolute atomic E-state index is 5.36. The van der Waals surface area contributed by atoms with Gasteiger partial charge in [0.05, 0.1) is 5.69 Å². The van der Waals surface area contributed by atoms with Gasteiger partial charge in [0, 0.05) is 57.6 Å². The lowest BCUT2D eigenvalue weighted by molar-refractivity contribution is 0.174. The maximum atomic E-state index is 5.36. The third-order valence-electron chi connectivity index (χ3n) is 3.75. The normalized spacial score (nSPS) is 16.4. The first-order valence-corrected chi connectivity index (χ1v) is 7.83. The monoisotopic (exact) mass is 295 g/mol. The molecule has 0 amide bonds. The van der Waals surface area contributed by atoms with Crippen LogP contribution in [-0.2, 0) is 13.1 Å². The molecular weight excluding hydrogens is 270 g/mol. The Labute approximate surface area is 126 Å². The third kappa shape index (κ3) is 3.70. The van der Waals surface area contributed by atoms with Gasteiger partial charge in [-0.05, 0) is 33.0 Å². The van der Waals surface area contributed by atoms with E-state index in [4.69, 9.17) is 12.2 Å². The molecule has 0 radical (unpaired) electrons. The highest BCUT2D eigenvalue weighted by Crippen LogP contribution is 2.12. The Kier molecular flexibility index (Phi) is 5.37. The first kappa shape index (κ1) is 15.3. The molecule has 1 aromatic rings. The summed E-state index contributed by atoms with van der Waals surface area (Å²) in [5, 5.41) is 8.63. The van der Waals surface area contributed by atoms with Gasteiger partial charge in [-0.2, -0.15) is 5.10 Å². The zero-order valence-electron chi connectivity index (χ0n) is 12.7. The molecule has 6 heteroatoms. The van der Waals surface area contributed by atoms with Crippen molar-refractivity contribution >= 4 is 17.3 Å². The number of nitrogens with one attached hydrogen (secondary N) is 1. The van der Waals surface area contributed by atoms with Crippen molar-refractivity contribution in [2.24, 2.45) is 0 Å². The largest absolute Gasteiger partial charge is 0.363 e. The molecular formula is C14H25N5S. The van der Waals surface area contributed by atoms with Crippen molar-refractivity contribution < 1.29 is 0 Å². The van der Waals surface area contributed by atoms with E-state index < -0.39 is 0 Å². The number of nitrogens with zero attached hydrogens (tertiary/aromatic N) is 4. The zero-order chi connectivity index (χ0) is 14.5. The topological polar surface area (TPSA) is 36.3 Å². The average Bonchev–Trinajstić information content (AvgIpc) is 2.80. The number of hydrogen-bond donors (Lipinski definition) is 1. The molecule has 1 aliphatic rings. The summed E-state index contributed by atoms with van der Waals surface area (Å²) in [5.41, 5.74) is 2.49. The van der Waals surface area contributed by atoms with Crippen LogP contribution in [0.3, 0.4) is 0 Å². The van der Waals surface area contributed by atoms with Gasteiger partial charge in [0.15, 0.2) is 5.11 Å². The van der Waals surface area contributed by atoms with E-state index in [1.54, 1.807) is 0 Å². The summed E-state index contributed by atoms with van der Waals surface area (Å²) >= 11 is 5.36. The summed E-state index contributed by atoms with van der Waals surface area (Å²) in [6.07, 6.45) is 2.17. The van der Waals surface area contributed by atoms with Crippen LogP contribution in [0.1, 0.15) is 25.1 Å². The summed E-state index contributed by atoms with van der Waals surface area (Å²) in [4.78, 5) is 4.74. The van der Waals surface area contributed by atoms with Crippen molar-refractivity contribution in [3.05, 3.63) is 17.5 Å². The number of aryl methyl sites for hydroxylation is 2. The van der Waals surface area contributed by atoms with Crippen molar-refractivity contribution in [3.63, 3.8) is 0 Å². The van der Waals surface area contributed by atoms with Crippen molar-refractivity contribution in [1.82, 2.24) is 24.9 Å². The van der Waals surface area contributed by atoms with E-state index in [1.807, 2.05) is 4.68 Å². The van der Waals surface area contributed by atoms with Crippen LogP contribution in [0.2, 0.25) is 0 Å². The summed E-state index contributed by atoms with van der Waals surface area (Å²) in [5.74, 6) is 0. The van der Waals surface area contributed by atoms with Crippen molar-refractivity contribution in [1.29, 1.82) is 0 Å². The number of thiocarbonyl (C=S) groups is 1. The van der Waals surface area contributed by atoms with Gasteiger partial charge in [-0.15, -0.1) is 0 Å². The molecule has 1 aromatic heterocycles. The Balaban J connectivity index is 1.85. The highest BCUT2D eigenvalue weighted by Gasteiger charge is 2.19. The molecule has 0 saturated carbocycles. The summed E-state index contributed by atoms with van der Waals surface area (Å²) in [6.45, 7) is 13.3. The standard InChI is InChI=1S/C14H25N5S/c1-4-15-14(20)18-8-6-17(7-9-18)10-13-11-19(5-2)16-12(13)3/h11H,4-10H2,1-3H3,(H,15,20). The summed E-state index contributed by atoms with van der Waals surface area (Å²) in [6, 6.07) is 0. The molecule has 0 spiro atoms. The second-order valence-electron chi connectivity index (χ2n) is 5.19. The predicted molar refractivity (Wildman–Crippen MR) is 85.8 cm³/mol. The van der Waals surface area contributed by atoms with Gasteiger partial charge in [-0.25, -0.2) is 0 Å². The van der Waals surface area contributed by atoms with Crippen LogP contribution in [0.5, 0.6) is 0 Å². The Bertz CT molecular complexity index is 448. The fourth-order valence-electron chi connectivity index (χ4n) is 2.49. The first-order chi connectivity index (χ1) is 9.63. The SMILES string of the molecule is CCNC(=S)N1CCN(Cc2cn(CC)nc2C)CC1. The molecule has 0 aromatic carbocycles. The molecule has 1 saturated heterocycles. The van der Waals surface area contributed by atoms with E-state index in [0.717, 1.165) is 56.6 Å². The van der Waals surface area contributed by atoms with Gasteiger partial charge < -0.3 is 10.2 Å². The number of piperazine rings is 1. The third-order valence-corrected chi connectivity index (χ3v) is 4.16. The molecule has 5 nitrogen and oxygen atoms in total. The number of aromatic nitrogens is 2. The Morgan fingerprint density at radius 3 is 2.55 bits per heavy atom. The molecule has 0 aliphatic carbocycles. The van der Waals surface area contributed by atoms with Gasteiger partial charge in [0.1, 0.15) is 0 Å². The number of hydrogen-bond acceptors (Lipinski definition) is 3. The number of rotatable bonds is 4. The summed E-state index contributed by atoms with van der Waals surface area (Å²) in [7, 11) is 0. The van der Waals surface area contributed by atoms with Gasteiger partial charge >= 0.3 is 0 Å². The van der Waals surface area contributed by atoms with E-state index >= 15 is 0 Å². The molecule has 112 valence electrons. The van der Waals surface area contributed by atoms with E-state index in [1.165, 1.54) is 5.56 Å². The van der Waals surface area contributed by atoms with Gasteiger partial charge in [-0.3, -0.25) is 9.58 Å². The van der Waals surface area contributed by atoms with Crippen molar-refractivity contribution in [2.75, 3.05) is 32.7 Å². The highest BCUT2D eigenvalue weighted by molar-refractivity contribution is 7.80. The fourth-order valence-corrected chi connectivity index (χ4v) is 2.82. The van der Waals surface area contributed by atoms with E-state index in [9.17, 15) is 0 Å². The zero-order valence-corrected chi connectivity index (χ0v) is 13.5. The molecule has 1 N–H and O–H groups in total. The molecule has 1 aliphatic heterocycles. The van der Waals surface area contributed by atoms with Crippen LogP contribution >= 0.6 is 12.2 Å². The van der Waals surface area contributed by atoms with E-state index in [2.05, 4.69) is 47.2 Å². The quantitative estimate of drug-likeness (QED) is 0.845. The smallest absolute Gasteiger partial charge is 0.169 e. The van der Waals surface area contributed by atoms with Crippen molar-refractivity contribution in [3.8, 4) is 0 Å². The lowest BCUT2D eigenvalue weighted by Crippen LogP contribution is -2.51. The minimum atomic E-state index is 0.891. The molecule has 20 heavy (non-hydrogen) atoms. The lowest BCUT2D eigenvalue weighted by atomic mass is 10.2. The van der Waals surface area contributed by atoms with Gasteiger partial charge in [0.25, 0.3) is 0 Å². The summed E-state index contributed by atoms with van der Waals surface area (Å²) < 4.78 is 2.02. The van der Waals surface area contributed by atoms with Crippen LogP contribution in [0.15, 0.2) is 6.20 Å². The molecule has 0 atom stereocenters. The lowest BCUT2D eigenvalue weighted by Gasteiger charge is -2.36. The molecule has 2 heterocycles. The van der Waals surface area contributed by atoms with Crippen LogP contribution in [0.4, 0.5) is 0 Å². The average molecular weight is 295 g/mol.